The lowest BCUT2D eigenvalue weighted by atomic mass is 10.1. The van der Waals surface area contributed by atoms with E-state index in [1.165, 1.54) is 35.1 Å². The Morgan fingerprint density at radius 1 is 1.11 bits per heavy atom. The maximum absolute atomic E-state index is 13.4. The van der Waals surface area contributed by atoms with Gasteiger partial charge in [0.1, 0.15) is 10.3 Å². The summed E-state index contributed by atoms with van der Waals surface area (Å²) >= 11 is 15.6. The molecule has 0 aliphatic carbocycles. The molecule has 0 spiro atoms. The largest absolute Gasteiger partial charge is 0.464 e. The standard InChI is InChI=1S/C24H15BrCl2F3N5O3/c1-12-8-14(26)10-17(34(23(37)38)15-5-2-4-13(9-15)24(28,29)30)20(12)32-22(36)18-11-19(25)33-35(18)21-16(27)6-3-7-31-21/h2-11H,1H3,(H,32,36)(H,37,38). The Kier molecular flexibility index (Phi) is 7.68. The number of hydrogen-bond donors (Lipinski definition) is 2. The first-order valence-electron chi connectivity index (χ1n) is 10.5. The lowest BCUT2D eigenvalue weighted by Crippen LogP contribution is -2.27. The predicted molar refractivity (Wildman–Crippen MR) is 140 cm³/mol. The molecule has 0 unspecified atom stereocenters. The number of aryl methyl sites for hydroxylation is 1. The van der Waals surface area contributed by atoms with E-state index in [1.54, 1.807) is 19.1 Å². The molecular weight excluding hydrogens is 614 g/mol. The summed E-state index contributed by atoms with van der Waals surface area (Å²) in [6.45, 7) is 1.56. The van der Waals surface area contributed by atoms with Crippen LogP contribution in [0.5, 0.6) is 0 Å². The highest BCUT2D eigenvalue weighted by Crippen LogP contribution is 2.39. The molecule has 2 aromatic carbocycles. The predicted octanol–water partition coefficient (Wildman–Crippen LogP) is 7.73. The van der Waals surface area contributed by atoms with Crippen molar-refractivity contribution in [1.82, 2.24) is 14.8 Å². The molecular formula is C24H15BrCl2F3N5O3. The van der Waals surface area contributed by atoms with Crippen LogP contribution in [-0.4, -0.2) is 31.9 Å². The quantitative estimate of drug-likeness (QED) is 0.236. The Morgan fingerprint density at radius 3 is 2.50 bits per heavy atom. The highest BCUT2D eigenvalue weighted by Gasteiger charge is 2.32. The van der Waals surface area contributed by atoms with Gasteiger partial charge < -0.3 is 10.4 Å². The van der Waals surface area contributed by atoms with E-state index in [9.17, 15) is 27.9 Å². The van der Waals surface area contributed by atoms with E-state index in [2.05, 4.69) is 31.3 Å². The Morgan fingerprint density at radius 2 is 1.84 bits per heavy atom. The number of nitrogens with one attached hydrogen (secondary N) is 1. The van der Waals surface area contributed by atoms with Crippen LogP contribution in [0.3, 0.4) is 0 Å². The fourth-order valence-electron chi connectivity index (χ4n) is 3.62. The van der Waals surface area contributed by atoms with Crippen molar-refractivity contribution in [3.05, 3.63) is 92.3 Å². The SMILES string of the molecule is Cc1cc(Cl)cc(N(C(=O)O)c2cccc(C(F)(F)F)c2)c1NC(=O)c1cc(Br)nn1-c1ncccc1Cl. The number of benzene rings is 2. The molecule has 0 aliphatic rings. The molecule has 0 radical (unpaired) electrons. The maximum atomic E-state index is 13.4. The van der Waals surface area contributed by atoms with Gasteiger partial charge in [0.25, 0.3) is 5.91 Å². The molecule has 0 fully saturated rings. The van der Waals surface area contributed by atoms with Crippen LogP contribution >= 0.6 is 39.1 Å². The van der Waals surface area contributed by atoms with E-state index in [1.807, 2.05) is 0 Å². The second-order valence-electron chi connectivity index (χ2n) is 7.81. The van der Waals surface area contributed by atoms with Crippen LogP contribution in [0.15, 0.2) is 65.4 Å². The van der Waals surface area contributed by atoms with Gasteiger partial charge in [0.2, 0.25) is 0 Å². The third-order valence-electron chi connectivity index (χ3n) is 5.23. The molecule has 0 aliphatic heterocycles. The van der Waals surface area contributed by atoms with Crippen molar-refractivity contribution in [1.29, 1.82) is 0 Å². The van der Waals surface area contributed by atoms with Crippen LogP contribution in [0.1, 0.15) is 21.6 Å². The summed E-state index contributed by atoms with van der Waals surface area (Å²) < 4.78 is 41.5. The van der Waals surface area contributed by atoms with E-state index in [0.29, 0.717) is 16.5 Å². The summed E-state index contributed by atoms with van der Waals surface area (Å²) in [5, 5.41) is 17.2. The van der Waals surface area contributed by atoms with Gasteiger partial charge in [0.15, 0.2) is 5.82 Å². The van der Waals surface area contributed by atoms with Gasteiger partial charge >= 0.3 is 12.3 Å². The van der Waals surface area contributed by atoms with Gasteiger partial charge in [-0.1, -0.05) is 29.3 Å². The average molecular weight is 629 g/mol. The minimum Gasteiger partial charge on any atom is -0.464 e. The Balaban J connectivity index is 1.82. The zero-order valence-corrected chi connectivity index (χ0v) is 22.2. The average Bonchev–Trinajstić information content (AvgIpc) is 3.22. The third-order valence-corrected chi connectivity index (χ3v) is 6.13. The van der Waals surface area contributed by atoms with Gasteiger partial charge in [0, 0.05) is 17.3 Å². The number of carboxylic acid groups (broad SMARTS) is 1. The summed E-state index contributed by atoms with van der Waals surface area (Å²) in [4.78, 5) is 30.5. The number of anilines is 3. The van der Waals surface area contributed by atoms with Crippen LogP contribution in [0.2, 0.25) is 10.0 Å². The Hall–Kier alpha value is -3.61. The number of hydrogen-bond acceptors (Lipinski definition) is 4. The molecule has 2 aromatic heterocycles. The number of aromatic nitrogens is 3. The lowest BCUT2D eigenvalue weighted by Gasteiger charge is -2.25. The topological polar surface area (TPSA) is 100 Å². The van der Waals surface area contributed by atoms with Gasteiger partial charge in [0.05, 0.1) is 27.6 Å². The third kappa shape index (κ3) is 5.62. The summed E-state index contributed by atoms with van der Waals surface area (Å²) in [6, 6.07) is 11.0. The van der Waals surface area contributed by atoms with Crippen molar-refractivity contribution in [2.45, 2.75) is 13.1 Å². The fraction of sp³-hybridized carbons (Fsp3) is 0.0833. The highest BCUT2D eigenvalue weighted by atomic mass is 79.9. The number of halogens is 6. The molecule has 196 valence electrons. The van der Waals surface area contributed by atoms with Gasteiger partial charge in [-0.05, 0) is 70.9 Å². The first kappa shape index (κ1) is 27.4. The molecule has 14 heteroatoms. The maximum Gasteiger partial charge on any atom is 0.416 e. The van der Waals surface area contributed by atoms with Crippen molar-refractivity contribution in [2.24, 2.45) is 0 Å². The monoisotopic (exact) mass is 627 g/mol. The molecule has 2 N–H and O–H groups in total. The molecule has 8 nitrogen and oxygen atoms in total. The second kappa shape index (κ2) is 10.6. The zero-order valence-electron chi connectivity index (χ0n) is 19.1. The molecule has 2 heterocycles. The summed E-state index contributed by atoms with van der Waals surface area (Å²) in [6.07, 6.45) is -4.85. The van der Waals surface area contributed by atoms with Crippen LogP contribution < -0.4 is 10.2 Å². The van der Waals surface area contributed by atoms with E-state index in [0.717, 1.165) is 12.1 Å². The molecule has 0 atom stereocenters. The van der Waals surface area contributed by atoms with E-state index in [-0.39, 0.29) is 43.2 Å². The normalized spacial score (nSPS) is 11.3. The Labute approximate surface area is 231 Å². The molecule has 4 aromatic rings. The van der Waals surface area contributed by atoms with Crippen LogP contribution in [0.25, 0.3) is 5.82 Å². The lowest BCUT2D eigenvalue weighted by molar-refractivity contribution is -0.137. The van der Waals surface area contributed by atoms with Crippen molar-refractivity contribution in [3.8, 4) is 5.82 Å². The number of nitrogens with zero attached hydrogens (tertiary/aromatic N) is 4. The van der Waals surface area contributed by atoms with Crippen molar-refractivity contribution >= 4 is 68.2 Å². The number of carbonyl (C=O) groups excluding carboxylic acids is 1. The molecule has 4 rings (SSSR count). The molecule has 2 amide bonds. The van der Waals surface area contributed by atoms with Crippen molar-refractivity contribution < 1.29 is 27.9 Å². The van der Waals surface area contributed by atoms with Gasteiger partial charge in [-0.15, -0.1) is 0 Å². The first-order valence-corrected chi connectivity index (χ1v) is 12.1. The molecule has 0 saturated carbocycles. The fourth-order valence-corrected chi connectivity index (χ4v) is 4.47. The van der Waals surface area contributed by atoms with Crippen LogP contribution in [-0.2, 0) is 6.18 Å². The summed E-state index contributed by atoms with van der Waals surface area (Å²) in [5.74, 6) is -0.569. The smallest absolute Gasteiger partial charge is 0.416 e. The van der Waals surface area contributed by atoms with Gasteiger partial charge in [-0.3, -0.25) is 4.79 Å². The van der Waals surface area contributed by atoms with E-state index >= 15 is 0 Å². The molecule has 0 bridgehead atoms. The number of carbonyl (C=O) groups is 2. The van der Waals surface area contributed by atoms with E-state index < -0.39 is 23.7 Å². The van der Waals surface area contributed by atoms with Crippen molar-refractivity contribution in [2.75, 3.05) is 10.2 Å². The van der Waals surface area contributed by atoms with E-state index in [4.69, 9.17) is 23.2 Å². The second-order valence-corrected chi connectivity index (χ2v) is 9.47. The zero-order chi connectivity index (χ0) is 27.8. The minimum atomic E-state index is -4.71. The number of pyridine rings is 1. The van der Waals surface area contributed by atoms with Crippen LogP contribution in [0, 0.1) is 6.92 Å². The summed E-state index contributed by atoms with van der Waals surface area (Å²) in [7, 11) is 0. The van der Waals surface area contributed by atoms with Crippen LogP contribution in [0.4, 0.5) is 35.0 Å². The highest BCUT2D eigenvalue weighted by molar-refractivity contribution is 9.10. The van der Waals surface area contributed by atoms with Gasteiger partial charge in [-0.2, -0.15) is 18.3 Å². The molecule has 0 saturated heterocycles. The minimum absolute atomic E-state index is 0.00444. The van der Waals surface area contributed by atoms with Gasteiger partial charge in [-0.25, -0.2) is 19.4 Å². The number of alkyl halides is 3. The number of rotatable bonds is 5. The van der Waals surface area contributed by atoms with Crippen molar-refractivity contribution in [3.63, 3.8) is 0 Å². The molecule has 38 heavy (non-hydrogen) atoms. The Bertz CT molecular complexity index is 1560. The number of amides is 2. The first-order chi connectivity index (χ1) is 17.9. The summed E-state index contributed by atoms with van der Waals surface area (Å²) in [5.41, 5.74) is -1.20.